The van der Waals surface area contributed by atoms with E-state index in [4.69, 9.17) is 0 Å². The zero-order chi connectivity index (χ0) is 10.2. The Morgan fingerprint density at radius 1 is 1.64 bits per heavy atom. The summed E-state index contributed by atoms with van der Waals surface area (Å²) in [4.78, 5) is 2.24. The summed E-state index contributed by atoms with van der Waals surface area (Å²) < 4.78 is 1.74. The highest BCUT2D eigenvalue weighted by Gasteiger charge is 2.38. The molecule has 0 aliphatic carbocycles. The number of β-amino-alcohol motifs (C(OH)–C–C–N with tert-alkyl or cyclic N) is 1. The fourth-order valence-electron chi connectivity index (χ4n) is 2.01. The van der Waals surface area contributed by atoms with Crippen LogP contribution in [0.5, 0.6) is 0 Å². The van der Waals surface area contributed by atoms with Crippen molar-refractivity contribution in [2.45, 2.75) is 18.9 Å². The zero-order valence-electron chi connectivity index (χ0n) is 8.77. The Morgan fingerprint density at radius 3 is 2.93 bits per heavy atom. The molecule has 1 N–H and O–H groups in total. The predicted octanol–water partition coefficient (Wildman–Crippen LogP) is 0.333. The molecule has 0 saturated carbocycles. The molecule has 0 spiro atoms. The lowest BCUT2D eigenvalue weighted by Crippen LogP contribution is -2.31. The number of hydrogen-bond acceptors (Lipinski definition) is 3. The molecule has 1 atom stereocenters. The van der Waals surface area contributed by atoms with Crippen LogP contribution in [0.2, 0.25) is 0 Å². The normalized spacial score (nSPS) is 28.5. The van der Waals surface area contributed by atoms with Gasteiger partial charge >= 0.3 is 0 Å². The lowest BCUT2D eigenvalue weighted by Gasteiger charge is -2.20. The molecule has 2 rings (SSSR count). The summed E-state index contributed by atoms with van der Waals surface area (Å²) in [6.07, 6.45) is 2.67. The van der Waals surface area contributed by atoms with Crippen molar-refractivity contribution in [3.63, 3.8) is 0 Å². The van der Waals surface area contributed by atoms with Gasteiger partial charge in [-0.05, 0) is 19.0 Å². The standard InChI is InChI=1S/C10H17N3O/c1-3-13-7-5-10(14,8-13)9-4-6-12(2)11-9/h4,6,14H,3,5,7-8H2,1-2H3. The van der Waals surface area contributed by atoms with E-state index in [-0.39, 0.29) is 0 Å². The monoisotopic (exact) mass is 195 g/mol. The largest absolute Gasteiger partial charge is 0.382 e. The molecule has 1 aliphatic rings. The van der Waals surface area contributed by atoms with Crippen LogP contribution in [0, 0.1) is 0 Å². The smallest absolute Gasteiger partial charge is 0.122 e. The first-order valence-corrected chi connectivity index (χ1v) is 5.09. The Hall–Kier alpha value is -0.870. The number of aryl methyl sites for hydroxylation is 1. The number of hydrogen-bond donors (Lipinski definition) is 1. The predicted molar refractivity (Wildman–Crippen MR) is 53.8 cm³/mol. The van der Waals surface area contributed by atoms with Crippen LogP contribution in [0.3, 0.4) is 0 Å². The van der Waals surface area contributed by atoms with Crippen molar-refractivity contribution in [2.75, 3.05) is 19.6 Å². The number of aromatic nitrogens is 2. The SMILES string of the molecule is CCN1CCC(O)(c2ccn(C)n2)C1. The van der Waals surface area contributed by atoms with Gasteiger partial charge in [-0.15, -0.1) is 0 Å². The molecule has 2 heterocycles. The Bertz CT molecular complexity index is 323. The quantitative estimate of drug-likeness (QED) is 0.739. The Labute approximate surface area is 84.1 Å². The summed E-state index contributed by atoms with van der Waals surface area (Å²) in [5, 5.41) is 14.6. The molecule has 78 valence electrons. The zero-order valence-corrected chi connectivity index (χ0v) is 8.77. The summed E-state index contributed by atoms with van der Waals surface area (Å²) in [6, 6.07) is 1.90. The average Bonchev–Trinajstić information content (AvgIpc) is 2.73. The third-order valence-electron chi connectivity index (χ3n) is 2.96. The van der Waals surface area contributed by atoms with Gasteiger partial charge in [0.05, 0.1) is 5.69 Å². The molecular formula is C10H17N3O. The molecule has 1 fully saturated rings. The van der Waals surface area contributed by atoms with E-state index in [1.165, 1.54) is 0 Å². The summed E-state index contributed by atoms with van der Waals surface area (Å²) in [5.41, 5.74) is 0.0769. The lowest BCUT2D eigenvalue weighted by molar-refractivity contribution is 0.0418. The van der Waals surface area contributed by atoms with Crippen LogP contribution in [0.15, 0.2) is 12.3 Å². The molecular weight excluding hydrogens is 178 g/mol. The van der Waals surface area contributed by atoms with E-state index in [0.717, 1.165) is 25.2 Å². The second-order valence-corrected chi connectivity index (χ2v) is 4.03. The van der Waals surface area contributed by atoms with Crippen molar-refractivity contribution in [1.29, 1.82) is 0 Å². The maximum absolute atomic E-state index is 10.4. The van der Waals surface area contributed by atoms with E-state index in [1.54, 1.807) is 4.68 Å². The maximum atomic E-state index is 10.4. The number of likely N-dealkylation sites (N-methyl/N-ethyl adjacent to an activating group) is 1. The van der Waals surface area contributed by atoms with E-state index in [9.17, 15) is 5.11 Å². The van der Waals surface area contributed by atoms with Gasteiger partial charge in [0.1, 0.15) is 5.60 Å². The van der Waals surface area contributed by atoms with E-state index in [0.29, 0.717) is 6.54 Å². The minimum Gasteiger partial charge on any atom is -0.382 e. The molecule has 1 aliphatic heterocycles. The molecule has 1 saturated heterocycles. The van der Waals surface area contributed by atoms with Gasteiger partial charge in [-0.1, -0.05) is 6.92 Å². The first-order chi connectivity index (χ1) is 6.64. The number of likely N-dealkylation sites (tertiary alicyclic amines) is 1. The highest BCUT2D eigenvalue weighted by atomic mass is 16.3. The molecule has 14 heavy (non-hydrogen) atoms. The highest BCUT2D eigenvalue weighted by molar-refractivity contribution is 5.13. The van der Waals surface area contributed by atoms with E-state index in [1.807, 2.05) is 19.3 Å². The van der Waals surface area contributed by atoms with Crippen LogP contribution in [-0.4, -0.2) is 39.4 Å². The molecule has 1 aromatic heterocycles. The van der Waals surface area contributed by atoms with Gasteiger partial charge in [-0.2, -0.15) is 5.10 Å². The second-order valence-electron chi connectivity index (χ2n) is 4.03. The Kier molecular flexibility index (Phi) is 2.33. The molecule has 0 bridgehead atoms. The minimum atomic E-state index is -0.725. The van der Waals surface area contributed by atoms with Gasteiger partial charge < -0.3 is 10.0 Å². The van der Waals surface area contributed by atoms with Gasteiger partial charge in [0.2, 0.25) is 0 Å². The molecule has 1 unspecified atom stereocenters. The van der Waals surface area contributed by atoms with Gasteiger partial charge in [-0.3, -0.25) is 4.68 Å². The molecule has 4 nitrogen and oxygen atoms in total. The third-order valence-corrected chi connectivity index (χ3v) is 2.96. The highest BCUT2D eigenvalue weighted by Crippen LogP contribution is 2.30. The number of aliphatic hydroxyl groups is 1. The van der Waals surface area contributed by atoms with E-state index in [2.05, 4.69) is 16.9 Å². The molecule has 0 radical (unpaired) electrons. The van der Waals surface area contributed by atoms with E-state index < -0.39 is 5.60 Å². The molecule has 1 aromatic rings. The van der Waals surface area contributed by atoms with Crippen LogP contribution in [0.25, 0.3) is 0 Å². The van der Waals surface area contributed by atoms with Crippen molar-refractivity contribution in [3.8, 4) is 0 Å². The number of rotatable bonds is 2. The van der Waals surface area contributed by atoms with Gasteiger partial charge in [-0.25, -0.2) is 0 Å². The van der Waals surface area contributed by atoms with Crippen molar-refractivity contribution < 1.29 is 5.11 Å². The van der Waals surface area contributed by atoms with E-state index >= 15 is 0 Å². The molecule has 0 aromatic carbocycles. The van der Waals surface area contributed by atoms with Crippen LogP contribution >= 0.6 is 0 Å². The Balaban J connectivity index is 2.18. The van der Waals surface area contributed by atoms with Crippen LogP contribution < -0.4 is 0 Å². The first kappa shape index (κ1) is 9.68. The van der Waals surface area contributed by atoms with Gasteiger partial charge in [0.15, 0.2) is 0 Å². The minimum absolute atomic E-state index is 0.709. The topological polar surface area (TPSA) is 41.3 Å². The first-order valence-electron chi connectivity index (χ1n) is 5.09. The van der Waals surface area contributed by atoms with Crippen molar-refractivity contribution >= 4 is 0 Å². The summed E-state index contributed by atoms with van der Waals surface area (Å²) in [7, 11) is 1.87. The van der Waals surface area contributed by atoms with Gasteiger partial charge in [0.25, 0.3) is 0 Å². The second kappa shape index (κ2) is 3.37. The summed E-state index contributed by atoms with van der Waals surface area (Å²) in [6.45, 7) is 4.78. The van der Waals surface area contributed by atoms with Crippen molar-refractivity contribution in [1.82, 2.24) is 14.7 Å². The fourth-order valence-corrected chi connectivity index (χ4v) is 2.01. The molecule has 0 amide bonds. The third kappa shape index (κ3) is 1.55. The van der Waals surface area contributed by atoms with Crippen LogP contribution in [0.4, 0.5) is 0 Å². The summed E-state index contributed by atoms with van der Waals surface area (Å²) in [5.74, 6) is 0. The lowest BCUT2D eigenvalue weighted by atomic mass is 9.99. The number of nitrogens with zero attached hydrogens (tertiary/aromatic N) is 3. The van der Waals surface area contributed by atoms with Crippen LogP contribution in [0.1, 0.15) is 19.0 Å². The van der Waals surface area contributed by atoms with Crippen LogP contribution in [-0.2, 0) is 12.6 Å². The fraction of sp³-hybridized carbons (Fsp3) is 0.700. The van der Waals surface area contributed by atoms with Gasteiger partial charge in [0, 0.05) is 26.3 Å². The van der Waals surface area contributed by atoms with Crippen molar-refractivity contribution in [2.24, 2.45) is 7.05 Å². The molecule has 4 heteroatoms. The Morgan fingerprint density at radius 2 is 2.43 bits per heavy atom. The van der Waals surface area contributed by atoms with Crippen molar-refractivity contribution in [3.05, 3.63) is 18.0 Å². The maximum Gasteiger partial charge on any atom is 0.122 e. The summed E-state index contributed by atoms with van der Waals surface area (Å²) >= 11 is 0. The average molecular weight is 195 g/mol.